The van der Waals surface area contributed by atoms with Gasteiger partial charge in [-0.1, -0.05) is 33.1 Å². The first-order chi connectivity index (χ1) is 8.52. The van der Waals surface area contributed by atoms with Gasteiger partial charge in [0.15, 0.2) is 0 Å². The lowest BCUT2D eigenvalue weighted by molar-refractivity contribution is -0.132. The standard InChI is InChI=1S/C14H26N2O2/c1-11(2)14(18)15-9-10-16(12(3)17)13-7-5-4-6-8-13/h11,13H,4-10H2,1-3H3,(H,15,18). The molecule has 18 heavy (non-hydrogen) atoms. The van der Waals surface area contributed by atoms with E-state index in [9.17, 15) is 9.59 Å². The van der Waals surface area contributed by atoms with Gasteiger partial charge in [-0.25, -0.2) is 0 Å². The van der Waals surface area contributed by atoms with Crippen LogP contribution in [0.3, 0.4) is 0 Å². The minimum atomic E-state index is 0.00505. The van der Waals surface area contributed by atoms with E-state index in [0.717, 1.165) is 12.8 Å². The van der Waals surface area contributed by atoms with Gasteiger partial charge in [-0.2, -0.15) is 0 Å². The highest BCUT2D eigenvalue weighted by Crippen LogP contribution is 2.22. The third-order valence-electron chi connectivity index (χ3n) is 3.60. The van der Waals surface area contributed by atoms with Gasteiger partial charge in [-0.05, 0) is 12.8 Å². The molecule has 2 amide bonds. The molecule has 1 fully saturated rings. The van der Waals surface area contributed by atoms with Crippen LogP contribution in [0.4, 0.5) is 0 Å². The molecule has 0 aromatic heterocycles. The summed E-state index contributed by atoms with van der Waals surface area (Å²) in [4.78, 5) is 25.1. The minimum absolute atomic E-state index is 0.00505. The maximum absolute atomic E-state index is 11.7. The molecule has 0 saturated heterocycles. The third-order valence-corrected chi connectivity index (χ3v) is 3.60. The number of hydrogen-bond acceptors (Lipinski definition) is 2. The summed E-state index contributed by atoms with van der Waals surface area (Å²) in [5, 5.41) is 2.87. The highest BCUT2D eigenvalue weighted by molar-refractivity contribution is 5.78. The average Bonchev–Trinajstić information content (AvgIpc) is 2.34. The minimum Gasteiger partial charge on any atom is -0.354 e. The molecule has 0 bridgehead atoms. The summed E-state index contributed by atoms with van der Waals surface area (Å²) in [6.07, 6.45) is 5.93. The quantitative estimate of drug-likeness (QED) is 0.815. The molecular formula is C14H26N2O2. The summed E-state index contributed by atoms with van der Waals surface area (Å²) in [5.74, 6) is 0.188. The summed E-state index contributed by atoms with van der Waals surface area (Å²) in [6, 6.07) is 0.382. The van der Waals surface area contributed by atoms with E-state index in [2.05, 4.69) is 5.32 Å². The van der Waals surface area contributed by atoms with Gasteiger partial charge in [0.25, 0.3) is 0 Å². The molecule has 1 N–H and O–H groups in total. The second-order valence-corrected chi connectivity index (χ2v) is 5.45. The SMILES string of the molecule is CC(=O)N(CCNC(=O)C(C)C)C1CCCCC1. The molecule has 0 spiro atoms. The molecule has 104 valence electrons. The fourth-order valence-corrected chi connectivity index (χ4v) is 2.49. The van der Waals surface area contributed by atoms with E-state index >= 15 is 0 Å². The van der Waals surface area contributed by atoms with Crippen molar-refractivity contribution >= 4 is 11.8 Å². The van der Waals surface area contributed by atoms with E-state index in [1.165, 1.54) is 19.3 Å². The van der Waals surface area contributed by atoms with E-state index in [1.807, 2.05) is 18.7 Å². The van der Waals surface area contributed by atoms with Crippen LogP contribution in [0.25, 0.3) is 0 Å². The number of carbonyl (C=O) groups is 2. The summed E-state index contributed by atoms with van der Waals surface area (Å²) >= 11 is 0. The zero-order chi connectivity index (χ0) is 13.5. The van der Waals surface area contributed by atoms with Crippen molar-refractivity contribution in [2.45, 2.75) is 58.9 Å². The molecular weight excluding hydrogens is 228 g/mol. The van der Waals surface area contributed by atoms with Crippen molar-refractivity contribution < 1.29 is 9.59 Å². The highest BCUT2D eigenvalue weighted by atomic mass is 16.2. The molecule has 1 saturated carbocycles. The Kier molecular flexibility index (Phi) is 6.16. The zero-order valence-corrected chi connectivity index (χ0v) is 11.9. The van der Waals surface area contributed by atoms with E-state index in [-0.39, 0.29) is 17.7 Å². The topological polar surface area (TPSA) is 49.4 Å². The Labute approximate surface area is 110 Å². The number of nitrogens with one attached hydrogen (secondary N) is 1. The fourth-order valence-electron chi connectivity index (χ4n) is 2.49. The number of carbonyl (C=O) groups excluding carboxylic acids is 2. The first kappa shape index (κ1) is 15.0. The van der Waals surface area contributed by atoms with Crippen molar-refractivity contribution in [1.29, 1.82) is 0 Å². The van der Waals surface area contributed by atoms with Crippen LogP contribution in [-0.4, -0.2) is 35.8 Å². The second-order valence-electron chi connectivity index (χ2n) is 5.45. The molecule has 1 rings (SSSR count). The van der Waals surface area contributed by atoms with Gasteiger partial charge in [-0.3, -0.25) is 9.59 Å². The number of rotatable bonds is 5. The van der Waals surface area contributed by atoms with E-state index in [0.29, 0.717) is 19.1 Å². The van der Waals surface area contributed by atoms with Crippen molar-refractivity contribution in [3.63, 3.8) is 0 Å². The lowest BCUT2D eigenvalue weighted by Gasteiger charge is -2.33. The van der Waals surface area contributed by atoms with Crippen LogP contribution in [0.1, 0.15) is 52.9 Å². The molecule has 0 radical (unpaired) electrons. The van der Waals surface area contributed by atoms with Crippen LogP contribution in [0.5, 0.6) is 0 Å². The predicted octanol–water partition coefficient (Wildman–Crippen LogP) is 1.94. The smallest absolute Gasteiger partial charge is 0.222 e. The first-order valence-electron chi connectivity index (χ1n) is 7.07. The van der Waals surface area contributed by atoms with Crippen LogP contribution in [0, 0.1) is 5.92 Å². The molecule has 0 unspecified atom stereocenters. The number of nitrogens with zero attached hydrogens (tertiary/aromatic N) is 1. The van der Waals surface area contributed by atoms with Gasteiger partial charge >= 0.3 is 0 Å². The molecule has 1 aliphatic rings. The lowest BCUT2D eigenvalue weighted by Crippen LogP contribution is -2.45. The Morgan fingerprint density at radius 2 is 1.83 bits per heavy atom. The summed E-state index contributed by atoms with van der Waals surface area (Å²) in [5.41, 5.74) is 0. The Hall–Kier alpha value is -1.06. The maximum Gasteiger partial charge on any atom is 0.222 e. The molecule has 0 aromatic rings. The van der Waals surface area contributed by atoms with Crippen molar-refractivity contribution in [3.8, 4) is 0 Å². The molecule has 1 aliphatic carbocycles. The van der Waals surface area contributed by atoms with Crippen molar-refractivity contribution in [1.82, 2.24) is 10.2 Å². The molecule has 4 heteroatoms. The Morgan fingerprint density at radius 1 is 1.22 bits per heavy atom. The largest absolute Gasteiger partial charge is 0.354 e. The van der Waals surface area contributed by atoms with Gasteiger partial charge in [-0.15, -0.1) is 0 Å². The van der Waals surface area contributed by atoms with Crippen LogP contribution in [0.2, 0.25) is 0 Å². The number of amides is 2. The zero-order valence-electron chi connectivity index (χ0n) is 11.9. The lowest BCUT2D eigenvalue weighted by atomic mass is 9.94. The number of hydrogen-bond donors (Lipinski definition) is 1. The van der Waals surface area contributed by atoms with Crippen LogP contribution in [0.15, 0.2) is 0 Å². The predicted molar refractivity (Wildman–Crippen MR) is 72.1 cm³/mol. The van der Waals surface area contributed by atoms with Gasteiger partial charge in [0, 0.05) is 32.0 Å². The summed E-state index contributed by atoms with van der Waals surface area (Å²) in [7, 11) is 0. The molecule has 4 nitrogen and oxygen atoms in total. The Balaban J connectivity index is 2.38. The molecule has 0 atom stereocenters. The Morgan fingerprint density at radius 3 is 2.33 bits per heavy atom. The third kappa shape index (κ3) is 4.67. The van der Waals surface area contributed by atoms with E-state index < -0.39 is 0 Å². The van der Waals surface area contributed by atoms with E-state index in [1.54, 1.807) is 6.92 Å². The molecule has 0 heterocycles. The molecule has 0 aliphatic heterocycles. The van der Waals surface area contributed by atoms with Gasteiger partial charge in [0.1, 0.15) is 0 Å². The normalized spacial score (nSPS) is 16.7. The maximum atomic E-state index is 11.7. The van der Waals surface area contributed by atoms with Gasteiger partial charge in [0.05, 0.1) is 0 Å². The van der Waals surface area contributed by atoms with Crippen LogP contribution >= 0.6 is 0 Å². The van der Waals surface area contributed by atoms with E-state index in [4.69, 9.17) is 0 Å². The average molecular weight is 254 g/mol. The highest BCUT2D eigenvalue weighted by Gasteiger charge is 2.22. The van der Waals surface area contributed by atoms with Gasteiger partial charge in [0.2, 0.25) is 11.8 Å². The Bertz CT molecular complexity index is 284. The van der Waals surface area contributed by atoms with Gasteiger partial charge < -0.3 is 10.2 Å². The van der Waals surface area contributed by atoms with Crippen LogP contribution in [-0.2, 0) is 9.59 Å². The fraction of sp³-hybridized carbons (Fsp3) is 0.857. The van der Waals surface area contributed by atoms with Crippen LogP contribution < -0.4 is 5.32 Å². The second kappa shape index (κ2) is 7.39. The van der Waals surface area contributed by atoms with Crippen molar-refractivity contribution in [2.75, 3.05) is 13.1 Å². The first-order valence-corrected chi connectivity index (χ1v) is 7.07. The van der Waals surface area contributed by atoms with Crippen molar-refractivity contribution in [3.05, 3.63) is 0 Å². The summed E-state index contributed by atoms with van der Waals surface area (Å²) in [6.45, 7) is 6.57. The summed E-state index contributed by atoms with van der Waals surface area (Å²) < 4.78 is 0. The molecule has 0 aromatic carbocycles. The van der Waals surface area contributed by atoms with Crippen molar-refractivity contribution in [2.24, 2.45) is 5.92 Å². The monoisotopic (exact) mass is 254 g/mol.